The molecule has 2 aromatic rings. The third-order valence-electron chi connectivity index (χ3n) is 3.57. The summed E-state index contributed by atoms with van der Waals surface area (Å²) in [5.74, 6) is 0.785. The molecule has 1 aromatic carbocycles. The fraction of sp³-hybridized carbons (Fsp3) is 0.500. The predicted octanol–water partition coefficient (Wildman–Crippen LogP) is 2.64. The highest BCUT2D eigenvalue weighted by Crippen LogP contribution is 2.30. The van der Waals surface area contributed by atoms with E-state index in [2.05, 4.69) is 23.7 Å². The second-order valence-corrected chi connectivity index (χ2v) is 5.96. The standard InChI is InChI=1S/C14H19N3O/c1-14(2)5-6-17(9-14)8-13-16-11-7-10(15)3-4-12(11)18-13/h3-4,7H,5-6,8-9,15H2,1-2H3. The van der Waals surface area contributed by atoms with Gasteiger partial charge in [-0.3, -0.25) is 4.90 Å². The molecule has 2 heterocycles. The summed E-state index contributed by atoms with van der Waals surface area (Å²) in [4.78, 5) is 6.89. The van der Waals surface area contributed by atoms with E-state index >= 15 is 0 Å². The summed E-state index contributed by atoms with van der Waals surface area (Å²) in [6, 6.07) is 5.58. The zero-order valence-corrected chi connectivity index (χ0v) is 10.9. The summed E-state index contributed by atoms with van der Waals surface area (Å²) in [5, 5.41) is 0. The lowest BCUT2D eigenvalue weighted by atomic mass is 9.93. The summed E-state index contributed by atoms with van der Waals surface area (Å²) >= 11 is 0. The number of fused-ring (bicyclic) bond motifs is 1. The van der Waals surface area contributed by atoms with Gasteiger partial charge in [-0.05, 0) is 36.6 Å². The number of rotatable bonds is 2. The van der Waals surface area contributed by atoms with E-state index in [9.17, 15) is 0 Å². The molecule has 96 valence electrons. The molecule has 0 atom stereocenters. The molecule has 0 aliphatic carbocycles. The lowest BCUT2D eigenvalue weighted by Crippen LogP contribution is -2.22. The van der Waals surface area contributed by atoms with Crippen molar-refractivity contribution in [2.24, 2.45) is 5.41 Å². The fourth-order valence-corrected chi connectivity index (χ4v) is 2.61. The number of nitrogen functional groups attached to an aromatic ring is 1. The average molecular weight is 245 g/mol. The van der Waals surface area contributed by atoms with Crippen LogP contribution >= 0.6 is 0 Å². The van der Waals surface area contributed by atoms with Crippen LogP contribution in [0.15, 0.2) is 22.6 Å². The summed E-state index contributed by atoms with van der Waals surface area (Å²) in [7, 11) is 0. The van der Waals surface area contributed by atoms with Gasteiger partial charge in [-0.2, -0.15) is 0 Å². The molecule has 1 aliphatic rings. The minimum Gasteiger partial charge on any atom is -0.439 e. The zero-order valence-electron chi connectivity index (χ0n) is 10.9. The number of oxazole rings is 1. The number of hydrogen-bond donors (Lipinski definition) is 1. The first-order valence-corrected chi connectivity index (χ1v) is 6.39. The number of nitrogens with zero attached hydrogens (tertiary/aromatic N) is 2. The molecule has 2 N–H and O–H groups in total. The van der Waals surface area contributed by atoms with E-state index in [-0.39, 0.29) is 0 Å². The van der Waals surface area contributed by atoms with E-state index in [4.69, 9.17) is 10.2 Å². The van der Waals surface area contributed by atoms with Gasteiger partial charge in [0.05, 0.1) is 6.54 Å². The Balaban J connectivity index is 1.79. The van der Waals surface area contributed by atoms with Gasteiger partial charge in [0, 0.05) is 12.2 Å². The predicted molar refractivity (Wildman–Crippen MR) is 72.1 cm³/mol. The second-order valence-electron chi connectivity index (χ2n) is 5.96. The van der Waals surface area contributed by atoms with Crippen LogP contribution in [0.2, 0.25) is 0 Å². The number of hydrogen-bond acceptors (Lipinski definition) is 4. The zero-order chi connectivity index (χ0) is 12.8. The van der Waals surface area contributed by atoms with E-state index in [0.29, 0.717) is 5.41 Å². The van der Waals surface area contributed by atoms with Crippen molar-refractivity contribution in [1.82, 2.24) is 9.88 Å². The smallest absolute Gasteiger partial charge is 0.209 e. The number of likely N-dealkylation sites (tertiary alicyclic amines) is 1. The van der Waals surface area contributed by atoms with E-state index in [1.165, 1.54) is 6.42 Å². The first kappa shape index (κ1) is 11.5. The van der Waals surface area contributed by atoms with Crippen molar-refractivity contribution in [3.8, 4) is 0 Å². The molecular weight excluding hydrogens is 226 g/mol. The van der Waals surface area contributed by atoms with Crippen molar-refractivity contribution in [2.45, 2.75) is 26.8 Å². The monoisotopic (exact) mass is 245 g/mol. The molecule has 0 bridgehead atoms. The highest BCUT2D eigenvalue weighted by molar-refractivity contribution is 5.76. The molecule has 0 spiro atoms. The van der Waals surface area contributed by atoms with Gasteiger partial charge in [0.1, 0.15) is 5.52 Å². The van der Waals surface area contributed by atoms with Gasteiger partial charge in [-0.1, -0.05) is 13.8 Å². The topological polar surface area (TPSA) is 55.3 Å². The maximum atomic E-state index is 5.74. The minimum absolute atomic E-state index is 0.413. The maximum Gasteiger partial charge on any atom is 0.209 e. The lowest BCUT2D eigenvalue weighted by Gasteiger charge is -2.18. The van der Waals surface area contributed by atoms with Crippen LogP contribution in [0, 0.1) is 5.41 Å². The first-order valence-electron chi connectivity index (χ1n) is 6.39. The molecule has 0 amide bonds. The number of nitrogens with two attached hydrogens (primary N) is 1. The molecule has 1 aliphatic heterocycles. The van der Waals surface area contributed by atoms with Crippen LogP contribution in [0.3, 0.4) is 0 Å². The van der Waals surface area contributed by atoms with E-state index in [0.717, 1.165) is 42.3 Å². The SMILES string of the molecule is CC1(C)CCN(Cc2nc3cc(N)ccc3o2)C1. The lowest BCUT2D eigenvalue weighted by molar-refractivity contribution is 0.261. The van der Waals surface area contributed by atoms with Gasteiger partial charge in [-0.25, -0.2) is 4.98 Å². The Labute approximate surface area is 107 Å². The van der Waals surface area contributed by atoms with Crippen molar-refractivity contribution < 1.29 is 4.42 Å². The first-order chi connectivity index (χ1) is 8.52. The van der Waals surface area contributed by atoms with Crippen molar-refractivity contribution in [3.63, 3.8) is 0 Å². The van der Waals surface area contributed by atoms with Gasteiger partial charge in [0.25, 0.3) is 0 Å². The van der Waals surface area contributed by atoms with Gasteiger partial charge in [0.2, 0.25) is 5.89 Å². The van der Waals surface area contributed by atoms with Crippen molar-refractivity contribution in [1.29, 1.82) is 0 Å². The molecule has 1 saturated heterocycles. The molecule has 18 heavy (non-hydrogen) atoms. The van der Waals surface area contributed by atoms with Crippen LogP contribution in [0.4, 0.5) is 5.69 Å². The molecule has 4 heteroatoms. The molecule has 1 fully saturated rings. The Bertz CT molecular complexity index is 573. The Morgan fingerprint density at radius 2 is 2.28 bits per heavy atom. The van der Waals surface area contributed by atoms with Crippen LogP contribution in [-0.2, 0) is 6.54 Å². The number of anilines is 1. The molecule has 1 aromatic heterocycles. The van der Waals surface area contributed by atoms with Crippen LogP contribution in [0.25, 0.3) is 11.1 Å². The molecule has 4 nitrogen and oxygen atoms in total. The van der Waals surface area contributed by atoms with E-state index in [1.54, 1.807) is 0 Å². The second kappa shape index (κ2) is 3.99. The summed E-state index contributed by atoms with van der Waals surface area (Å²) in [5.41, 5.74) is 8.55. The maximum absolute atomic E-state index is 5.74. The Kier molecular flexibility index (Phi) is 2.55. The summed E-state index contributed by atoms with van der Waals surface area (Å²) in [6.07, 6.45) is 1.24. The van der Waals surface area contributed by atoms with Crippen molar-refractivity contribution in [3.05, 3.63) is 24.1 Å². The third-order valence-corrected chi connectivity index (χ3v) is 3.57. The average Bonchev–Trinajstić information content (AvgIpc) is 2.81. The van der Waals surface area contributed by atoms with E-state index in [1.807, 2.05) is 18.2 Å². The highest BCUT2D eigenvalue weighted by atomic mass is 16.3. The quantitative estimate of drug-likeness (QED) is 0.826. The Morgan fingerprint density at radius 3 is 3.00 bits per heavy atom. The molecule has 0 saturated carbocycles. The summed E-state index contributed by atoms with van der Waals surface area (Å²) < 4.78 is 5.74. The van der Waals surface area contributed by atoms with E-state index < -0.39 is 0 Å². The van der Waals surface area contributed by atoms with Gasteiger partial charge < -0.3 is 10.2 Å². The molecule has 3 rings (SSSR count). The van der Waals surface area contributed by atoms with Crippen LogP contribution < -0.4 is 5.73 Å². The van der Waals surface area contributed by atoms with Crippen LogP contribution in [0.5, 0.6) is 0 Å². The van der Waals surface area contributed by atoms with Crippen LogP contribution in [0.1, 0.15) is 26.2 Å². The van der Waals surface area contributed by atoms with Crippen molar-refractivity contribution >= 4 is 16.8 Å². The van der Waals surface area contributed by atoms with Crippen LogP contribution in [-0.4, -0.2) is 23.0 Å². The normalized spacial score (nSPS) is 19.7. The Morgan fingerprint density at radius 1 is 1.44 bits per heavy atom. The molecule has 0 radical (unpaired) electrons. The van der Waals surface area contributed by atoms with Gasteiger partial charge in [0.15, 0.2) is 5.58 Å². The fourth-order valence-electron chi connectivity index (χ4n) is 2.61. The molecular formula is C14H19N3O. The number of benzene rings is 1. The number of aromatic nitrogens is 1. The van der Waals surface area contributed by atoms with Gasteiger partial charge in [-0.15, -0.1) is 0 Å². The third kappa shape index (κ3) is 2.20. The summed E-state index contributed by atoms with van der Waals surface area (Å²) in [6.45, 7) is 7.62. The Hall–Kier alpha value is -1.55. The largest absolute Gasteiger partial charge is 0.439 e. The molecule has 0 unspecified atom stereocenters. The highest BCUT2D eigenvalue weighted by Gasteiger charge is 2.29. The minimum atomic E-state index is 0.413. The van der Waals surface area contributed by atoms with Crippen molar-refractivity contribution in [2.75, 3.05) is 18.8 Å². The van der Waals surface area contributed by atoms with Gasteiger partial charge >= 0.3 is 0 Å².